The first kappa shape index (κ1) is 22.3. The largest absolute Gasteiger partial charge is 0.573 e. The highest BCUT2D eigenvalue weighted by atomic mass is 19.4. The molecule has 1 aliphatic carbocycles. The molecular formula is C26H24F3NO4. The fourth-order valence-electron chi connectivity index (χ4n) is 4.47. The van der Waals surface area contributed by atoms with E-state index in [1.807, 2.05) is 12.1 Å². The van der Waals surface area contributed by atoms with E-state index < -0.39 is 11.8 Å². The summed E-state index contributed by atoms with van der Waals surface area (Å²) in [6.07, 6.45) is -3.34. The van der Waals surface area contributed by atoms with Crippen LogP contribution in [0.5, 0.6) is 17.2 Å². The van der Waals surface area contributed by atoms with Crippen molar-refractivity contribution >= 4 is 5.78 Å². The standard InChI is InChI=1S/C26H22F3NO4.H2/c27-26(28,29)34-21-7-5-16(11-20(21)19-4-2-1-3-17(19)14-30)12-24(31)25(9-10-25)18-6-8-22-23(13-18)33-15-32-22;/h1-8,11,13H,9-10,12,14-15,30H2;1H. The molecule has 0 amide bonds. The van der Waals surface area contributed by atoms with Gasteiger partial charge in [-0.2, -0.15) is 0 Å². The molecule has 0 saturated heterocycles. The van der Waals surface area contributed by atoms with Gasteiger partial charge in [-0.3, -0.25) is 4.79 Å². The molecule has 3 aromatic rings. The summed E-state index contributed by atoms with van der Waals surface area (Å²) in [7, 11) is 0. The first-order valence-electron chi connectivity index (χ1n) is 10.9. The van der Waals surface area contributed by atoms with Crippen molar-refractivity contribution < 1.29 is 33.6 Å². The van der Waals surface area contributed by atoms with Crippen LogP contribution >= 0.6 is 0 Å². The average Bonchev–Trinajstić information content (AvgIpc) is 3.50. The summed E-state index contributed by atoms with van der Waals surface area (Å²) in [5.41, 5.74) is 8.14. The van der Waals surface area contributed by atoms with Gasteiger partial charge in [-0.1, -0.05) is 36.4 Å². The third-order valence-electron chi connectivity index (χ3n) is 6.37. The molecule has 0 radical (unpaired) electrons. The van der Waals surface area contributed by atoms with Crippen LogP contribution in [0.15, 0.2) is 60.7 Å². The number of halogens is 3. The minimum absolute atomic E-state index is 0. The summed E-state index contributed by atoms with van der Waals surface area (Å²) in [5.74, 6) is 0.941. The summed E-state index contributed by atoms with van der Waals surface area (Å²) in [6.45, 7) is 0.303. The van der Waals surface area contributed by atoms with Gasteiger partial charge in [0, 0.05) is 20.0 Å². The molecule has 0 aromatic heterocycles. The van der Waals surface area contributed by atoms with Gasteiger partial charge in [-0.25, -0.2) is 0 Å². The second-order valence-corrected chi connectivity index (χ2v) is 8.49. The van der Waals surface area contributed by atoms with Crippen molar-refractivity contribution in [2.24, 2.45) is 5.73 Å². The SMILES string of the molecule is NCc1ccccc1-c1cc(CC(=O)C2(c3ccc4c(c3)OCO4)CC2)ccc1OC(F)(F)F.[HH]. The number of rotatable bonds is 7. The summed E-state index contributed by atoms with van der Waals surface area (Å²) >= 11 is 0. The Hall–Kier alpha value is -3.52. The lowest BCUT2D eigenvalue weighted by Gasteiger charge is -2.18. The summed E-state index contributed by atoms with van der Waals surface area (Å²) < 4.78 is 54.3. The maximum Gasteiger partial charge on any atom is 0.573 e. The molecule has 8 heteroatoms. The molecule has 1 fully saturated rings. The lowest BCUT2D eigenvalue weighted by atomic mass is 9.87. The van der Waals surface area contributed by atoms with Crippen LogP contribution in [0, 0.1) is 0 Å². The molecule has 5 rings (SSSR count). The van der Waals surface area contributed by atoms with Crippen LogP contribution in [0.2, 0.25) is 0 Å². The van der Waals surface area contributed by atoms with Gasteiger partial charge in [0.2, 0.25) is 6.79 Å². The zero-order valence-corrected chi connectivity index (χ0v) is 18.2. The van der Waals surface area contributed by atoms with E-state index in [1.54, 1.807) is 36.4 Å². The third-order valence-corrected chi connectivity index (χ3v) is 6.37. The Bertz CT molecular complexity index is 1260. The number of benzene rings is 3. The molecule has 5 nitrogen and oxygen atoms in total. The molecule has 2 aliphatic rings. The van der Waals surface area contributed by atoms with E-state index in [-0.39, 0.29) is 38.3 Å². The molecule has 2 N–H and O–H groups in total. The quantitative estimate of drug-likeness (QED) is 0.491. The van der Waals surface area contributed by atoms with Crippen LogP contribution < -0.4 is 19.9 Å². The van der Waals surface area contributed by atoms with Crippen molar-refractivity contribution in [3.63, 3.8) is 0 Å². The number of nitrogens with two attached hydrogens (primary N) is 1. The van der Waals surface area contributed by atoms with Crippen molar-refractivity contribution in [2.75, 3.05) is 6.79 Å². The van der Waals surface area contributed by atoms with Gasteiger partial charge in [0.25, 0.3) is 0 Å². The second-order valence-electron chi connectivity index (χ2n) is 8.49. The Balaban J connectivity index is 0.00000289. The zero-order chi connectivity index (χ0) is 23.9. The van der Waals surface area contributed by atoms with E-state index in [9.17, 15) is 18.0 Å². The van der Waals surface area contributed by atoms with Crippen LogP contribution in [0.25, 0.3) is 11.1 Å². The fraction of sp³-hybridized carbons (Fsp3) is 0.269. The van der Waals surface area contributed by atoms with Gasteiger partial charge in [0.05, 0.1) is 5.41 Å². The lowest BCUT2D eigenvalue weighted by Crippen LogP contribution is -2.22. The maximum absolute atomic E-state index is 13.4. The highest BCUT2D eigenvalue weighted by Crippen LogP contribution is 2.51. The van der Waals surface area contributed by atoms with Gasteiger partial charge in [0.1, 0.15) is 11.5 Å². The first-order valence-corrected chi connectivity index (χ1v) is 10.9. The molecule has 0 bridgehead atoms. The molecule has 0 unspecified atom stereocenters. The number of ketones is 1. The van der Waals surface area contributed by atoms with Crippen LogP contribution in [0.3, 0.4) is 0 Å². The Morgan fingerprint density at radius 2 is 1.76 bits per heavy atom. The minimum Gasteiger partial charge on any atom is -0.454 e. The second kappa shape index (κ2) is 8.36. The molecule has 0 atom stereocenters. The number of alkyl halides is 3. The van der Waals surface area contributed by atoms with Gasteiger partial charge in [-0.15, -0.1) is 13.2 Å². The number of fused-ring (bicyclic) bond motifs is 1. The monoisotopic (exact) mass is 471 g/mol. The molecule has 1 saturated carbocycles. The fourth-order valence-corrected chi connectivity index (χ4v) is 4.47. The van der Waals surface area contributed by atoms with Gasteiger partial charge >= 0.3 is 6.36 Å². The minimum atomic E-state index is -4.85. The van der Waals surface area contributed by atoms with Crippen molar-refractivity contribution in [3.05, 3.63) is 77.4 Å². The summed E-state index contributed by atoms with van der Waals surface area (Å²) in [6, 6.07) is 16.8. The lowest BCUT2D eigenvalue weighted by molar-refractivity contribution is -0.274. The van der Waals surface area contributed by atoms with Gasteiger partial charge < -0.3 is 19.9 Å². The number of carbonyl (C=O) groups is 1. The Morgan fingerprint density at radius 3 is 2.50 bits per heavy atom. The summed E-state index contributed by atoms with van der Waals surface area (Å²) in [5, 5.41) is 0. The number of hydrogen-bond acceptors (Lipinski definition) is 5. The van der Waals surface area contributed by atoms with Crippen LogP contribution in [-0.2, 0) is 23.2 Å². The van der Waals surface area contributed by atoms with E-state index in [0.29, 0.717) is 41.0 Å². The third kappa shape index (κ3) is 4.21. The highest BCUT2D eigenvalue weighted by Gasteiger charge is 2.50. The maximum atomic E-state index is 13.4. The number of Topliss-reactive ketones (excluding diaryl/α,β-unsaturated/α-hetero) is 1. The number of carbonyl (C=O) groups excluding carboxylic acids is 1. The van der Waals surface area contributed by atoms with E-state index in [0.717, 1.165) is 5.56 Å². The normalized spacial score (nSPS) is 15.8. The topological polar surface area (TPSA) is 70.8 Å². The van der Waals surface area contributed by atoms with Crippen molar-refractivity contribution in [3.8, 4) is 28.4 Å². The molecular weight excluding hydrogens is 447 g/mol. The van der Waals surface area contributed by atoms with Crippen molar-refractivity contribution in [1.29, 1.82) is 0 Å². The van der Waals surface area contributed by atoms with Crippen LogP contribution in [0.1, 0.15) is 31.0 Å². The van der Waals surface area contributed by atoms with Crippen molar-refractivity contribution in [1.82, 2.24) is 0 Å². The molecule has 3 aromatic carbocycles. The van der Waals surface area contributed by atoms with Crippen molar-refractivity contribution in [2.45, 2.75) is 37.6 Å². The van der Waals surface area contributed by atoms with Crippen LogP contribution in [-0.4, -0.2) is 18.9 Å². The van der Waals surface area contributed by atoms with E-state index in [2.05, 4.69) is 4.74 Å². The van der Waals surface area contributed by atoms with E-state index in [4.69, 9.17) is 15.2 Å². The molecule has 1 aliphatic heterocycles. The van der Waals surface area contributed by atoms with Gasteiger partial charge in [0.15, 0.2) is 11.5 Å². The molecule has 0 spiro atoms. The van der Waals surface area contributed by atoms with Crippen LogP contribution in [0.4, 0.5) is 13.2 Å². The zero-order valence-electron chi connectivity index (χ0n) is 18.2. The molecule has 178 valence electrons. The van der Waals surface area contributed by atoms with Gasteiger partial charge in [-0.05, 0) is 59.4 Å². The predicted molar refractivity (Wildman–Crippen MR) is 121 cm³/mol. The average molecular weight is 471 g/mol. The Morgan fingerprint density at radius 1 is 1.00 bits per heavy atom. The molecule has 1 heterocycles. The predicted octanol–water partition coefficient (Wildman–Crippen LogP) is 5.53. The first-order chi connectivity index (χ1) is 16.3. The smallest absolute Gasteiger partial charge is 0.454 e. The molecule has 34 heavy (non-hydrogen) atoms. The Labute approximate surface area is 195 Å². The number of hydrogen-bond donors (Lipinski definition) is 1. The highest BCUT2D eigenvalue weighted by molar-refractivity contribution is 5.95. The number of ether oxygens (including phenoxy) is 3. The van der Waals surface area contributed by atoms with E-state index >= 15 is 0 Å². The van der Waals surface area contributed by atoms with E-state index in [1.165, 1.54) is 12.1 Å². The summed E-state index contributed by atoms with van der Waals surface area (Å²) in [4.78, 5) is 13.4. The Kier molecular flexibility index (Phi) is 5.48.